The van der Waals surface area contributed by atoms with E-state index in [-0.39, 0.29) is 11.9 Å². The number of H-pyrrole nitrogens is 1. The van der Waals surface area contributed by atoms with E-state index in [9.17, 15) is 4.79 Å². The van der Waals surface area contributed by atoms with Crippen LogP contribution in [0, 0.1) is 5.92 Å². The number of nitrogens with zero attached hydrogens (tertiary/aromatic N) is 4. The van der Waals surface area contributed by atoms with E-state index in [0.29, 0.717) is 11.5 Å². The van der Waals surface area contributed by atoms with Crippen molar-refractivity contribution in [2.75, 3.05) is 25.1 Å². The van der Waals surface area contributed by atoms with Gasteiger partial charge in [-0.25, -0.2) is 9.97 Å². The average molecular weight is 394 g/mol. The van der Waals surface area contributed by atoms with Crippen LogP contribution in [-0.4, -0.2) is 52.3 Å². The number of aromatic amines is 1. The zero-order valence-electron chi connectivity index (χ0n) is 17.0. The molecule has 1 amide bonds. The van der Waals surface area contributed by atoms with Gasteiger partial charge in [0.25, 0.3) is 5.91 Å². The monoisotopic (exact) mass is 394 g/mol. The number of anilines is 1. The van der Waals surface area contributed by atoms with E-state index in [1.807, 2.05) is 32.0 Å². The topological polar surface area (TPSA) is 96.0 Å². The lowest BCUT2D eigenvalue weighted by Gasteiger charge is -2.19. The van der Waals surface area contributed by atoms with Crippen molar-refractivity contribution in [2.45, 2.75) is 32.7 Å². The molecule has 1 atom stereocenters. The van der Waals surface area contributed by atoms with Gasteiger partial charge in [0.15, 0.2) is 5.65 Å². The van der Waals surface area contributed by atoms with Gasteiger partial charge in [-0.15, -0.1) is 0 Å². The average Bonchev–Trinajstić information content (AvgIpc) is 3.36. The zero-order chi connectivity index (χ0) is 20.4. The van der Waals surface area contributed by atoms with Crippen LogP contribution in [0.1, 0.15) is 36.2 Å². The second-order valence-corrected chi connectivity index (χ2v) is 7.79. The first-order valence-corrected chi connectivity index (χ1v) is 9.92. The maximum absolute atomic E-state index is 12.4. The van der Waals surface area contributed by atoms with Crippen LogP contribution in [-0.2, 0) is 6.42 Å². The summed E-state index contributed by atoms with van der Waals surface area (Å²) in [5.74, 6) is 2.14. The summed E-state index contributed by atoms with van der Waals surface area (Å²) in [4.78, 5) is 23.4. The molecule has 0 spiro atoms. The van der Waals surface area contributed by atoms with Gasteiger partial charge >= 0.3 is 0 Å². The number of aromatic nitrogens is 4. The van der Waals surface area contributed by atoms with Gasteiger partial charge in [-0.3, -0.25) is 9.89 Å². The van der Waals surface area contributed by atoms with Crippen molar-refractivity contribution in [2.24, 2.45) is 5.92 Å². The van der Waals surface area contributed by atoms with Crippen LogP contribution in [0.4, 0.5) is 5.82 Å². The molecule has 8 nitrogen and oxygen atoms in total. The van der Waals surface area contributed by atoms with Crippen molar-refractivity contribution >= 4 is 22.8 Å². The van der Waals surface area contributed by atoms with E-state index >= 15 is 0 Å². The Labute approximate surface area is 169 Å². The van der Waals surface area contributed by atoms with Gasteiger partial charge in [-0.1, -0.05) is 0 Å². The summed E-state index contributed by atoms with van der Waals surface area (Å²) in [5.41, 5.74) is 2.48. The third-order valence-electron chi connectivity index (χ3n) is 5.28. The van der Waals surface area contributed by atoms with Gasteiger partial charge < -0.3 is 15.0 Å². The highest BCUT2D eigenvalue weighted by Crippen LogP contribution is 2.31. The number of amides is 1. The first-order valence-electron chi connectivity index (χ1n) is 9.92. The summed E-state index contributed by atoms with van der Waals surface area (Å²) in [7, 11) is 1.67. The third-order valence-corrected chi connectivity index (χ3v) is 5.28. The van der Waals surface area contributed by atoms with Crippen LogP contribution in [0.15, 0.2) is 30.7 Å². The van der Waals surface area contributed by atoms with Crippen LogP contribution >= 0.6 is 0 Å². The van der Waals surface area contributed by atoms with Crippen LogP contribution in [0.5, 0.6) is 5.75 Å². The molecule has 2 N–H and O–H groups in total. The summed E-state index contributed by atoms with van der Waals surface area (Å²) in [6, 6.07) is 5.76. The van der Waals surface area contributed by atoms with Crippen molar-refractivity contribution < 1.29 is 9.53 Å². The highest BCUT2D eigenvalue weighted by atomic mass is 16.5. The maximum Gasteiger partial charge on any atom is 0.251 e. The fourth-order valence-corrected chi connectivity index (χ4v) is 3.93. The number of carbonyl (C=O) groups excluding carboxylic acids is 1. The molecule has 1 aliphatic rings. The lowest BCUT2D eigenvalue weighted by Crippen LogP contribution is -2.30. The fourth-order valence-electron chi connectivity index (χ4n) is 3.93. The Balaban J connectivity index is 1.51. The molecule has 0 bridgehead atoms. The second-order valence-electron chi connectivity index (χ2n) is 7.79. The van der Waals surface area contributed by atoms with Crippen LogP contribution in [0.3, 0.4) is 0 Å². The van der Waals surface area contributed by atoms with Gasteiger partial charge in [0, 0.05) is 24.7 Å². The minimum atomic E-state index is -0.0553. The van der Waals surface area contributed by atoms with E-state index in [4.69, 9.17) is 4.74 Å². The molecule has 1 fully saturated rings. The third kappa shape index (κ3) is 4.01. The first kappa shape index (κ1) is 19.2. The van der Waals surface area contributed by atoms with Crippen LogP contribution in [0.2, 0.25) is 0 Å². The number of hydrogen-bond acceptors (Lipinski definition) is 6. The second kappa shape index (κ2) is 8.06. The van der Waals surface area contributed by atoms with Gasteiger partial charge in [-0.05, 0) is 56.4 Å². The largest absolute Gasteiger partial charge is 0.496 e. The predicted molar refractivity (Wildman–Crippen MR) is 111 cm³/mol. The smallest absolute Gasteiger partial charge is 0.251 e. The molecule has 2 aromatic heterocycles. The summed E-state index contributed by atoms with van der Waals surface area (Å²) in [6.45, 7) is 5.74. The first-order chi connectivity index (χ1) is 14.0. The van der Waals surface area contributed by atoms with Gasteiger partial charge in [0.2, 0.25) is 0 Å². The Morgan fingerprint density at radius 1 is 1.38 bits per heavy atom. The van der Waals surface area contributed by atoms with E-state index in [1.54, 1.807) is 19.6 Å². The Hall–Kier alpha value is -3.16. The van der Waals surface area contributed by atoms with Crippen LogP contribution in [0.25, 0.3) is 11.0 Å². The molecule has 3 aromatic rings. The normalized spacial score (nSPS) is 16.6. The number of rotatable bonds is 6. The number of fused-ring (bicyclic) bond motifs is 1. The molecule has 0 radical (unpaired) electrons. The van der Waals surface area contributed by atoms with Crippen molar-refractivity contribution in [3.05, 3.63) is 41.9 Å². The molecule has 0 saturated carbocycles. The summed E-state index contributed by atoms with van der Waals surface area (Å²) < 4.78 is 5.55. The SMILES string of the molecule is COc1ccc(C(=O)NC(C)C)cc1CC1CCN(c2ncnc3[nH]ncc23)C1. The van der Waals surface area contributed by atoms with Gasteiger partial charge in [0.1, 0.15) is 17.9 Å². The highest BCUT2D eigenvalue weighted by Gasteiger charge is 2.26. The number of ether oxygens (including phenoxy) is 1. The molecule has 8 heteroatoms. The van der Waals surface area contributed by atoms with Crippen molar-refractivity contribution in [3.63, 3.8) is 0 Å². The molecule has 29 heavy (non-hydrogen) atoms. The molecule has 1 aromatic carbocycles. The zero-order valence-corrected chi connectivity index (χ0v) is 17.0. The predicted octanol–water partition coefficient (Wildman–Crippen LogP) is 2.57. The van der Waals surface area contributed by atoms with Gasteiger partial charge in [0.05, 0.1) is 18.7 Å². The molecule has 1 unspecified atom stereocenters. The summed E-state index contributed by atoms with van der Waals surface area (Å²) in [5, 5.41) is 10.9. The van der Waals surface area contributed by atoms with Crippen LogP contribution < -0.4 is 15.0 Å². The fraction of sp³-hybridized carbons (Fsp3) is 0.429. The number of benzene rings is 1. The molecule has 1 saturated heterocycles. The van der Waals surface area contributed by atoms with Gasteiger partial charge in [-0.2, -0.15) is 5.10 Å². The molecule has 1 aliphatic heterocycles. The lowest BCUT2D eigenvalue weighted by atomic mass is 9.96. The summed E-state index contributed by atoms with van der Waals surface area (Å²) >= 11 is 0. The number of carbonyl (C=O) groups is 1. The number of hydrogen-bond donors (Lipinski definition) is 2. The number of nitrogens with one attached hydrogen (secondary N) is 2. The Morgan fingerprint density at radius 3 is 3.03 bits per heavy atom. The number of methoxy groups -OCH3 is 1. The molecule has 152 valence electrons. The molecular weight excluding hydrogens is 368 g/mol. The Morgan fingerprint density at radius 2 is 2.24 bits per heavy atom. The Kier molecular flexibility index (Phi) is 5.33. The molecular formula is C21H26N6O2. The van der Waals surface area contributed by atoms with E-state index in [1.165, 1.54) is 0 Å². The maximum atomic E-state index is 12.4. The van der Waals surface area contributed by atoms with E-state index in [0.717, 1.165) is 54.1 Å². The van der Waals surface area contributed by atoms with Crippen molar-refractivity contribution in [1.29, 1.82) is 0 Å². The van der Waals surface area contributed by atoms with Crippen molar-refractivity contribution in [3.8, 4) is 5.75 Å². The summed E-state index contributed by atoms with van der Waals surface area (Å²) in [6.07, 6.45) is 5.25. The van der Waals surface area contributed by atoms with E-state index in [2.05, 4.69) is 30.4 Å². The highest BCUT2D eigenvalue weighted by molar-refractivity contribution is 5.94. The molecule has 3 heterocycles. The molecule has 4 rings (SSSR count). The standard InChI is InChI=1S/C21H26N6O2/c1-13(2)25-21(28)15-4-5-18(29-3)16(9-15)8-14-6-7-27(11-14)20-17-10-24-26-19(17)22-12-23-20/h4-5,9-10,12-14H,6-8,11H2,1-3H3,(H,25,28)(H,22,23,24,26). The minimum absolute atomic E-state index is 0.0553. The lowest BCUT2D eigenvalue weighted by molar-refractivity contribution is 0.0943. The quantitative estimate of drug-likeness (QED) is 0.667. The van der Waals surface area contributed by atoms with Crippen molar-refractivity contribution in [1.82, 2.24) is 25.5 Å². The minimum Gasteiger partial charge on any atom is -0.496 e. The molecule has 0 aliphatic carbocycles. The Bertz CT molecular complexity index is 1020. The van der Waals surface area contributed by atoms with E-state index < -0.39 is 0 Å².